The lowest BCUT2D eigenvalue weighted by atomic mass is 9.70. The summed E-state index contributed by atoms with van der Waals surface area (Å²) < 4.78 is 6.60. The number of para-hydroxylation sites is 1. The predicted molar refractivity (Wildman–Crippen MR) is 145 cm³/mol. The molecule has 2 bridgehead atoms. The molecule has 3 aliphatic heterocycles. The van der Waals surface area contributed by atoms with Gasteiger partial charge in [0.15, 0.2) is 0 Å². The Morgan fingerprint density at radius 2 is 1.89 bits per heavy atom. The van der Waals surface area contributed by atoms with Crippen LogP contribution in [0.5, 0.6) is 0 Å². The smallest absolute Gasteiger partial charge is 0.248 e. The number of aliphatic hydroxyl groups excluding tert-OH is 1. The molecule has 1 spiro atoms. The van der Waals surface area contributed by atoms with Gasteiger partial charge in [-0.05, 0) is 38.8 Å². The number of carbonyl (C=O) groups excluding carboxylic acids is 3. The van der Waals surface area contributed by atoms with Crippen molar-refractivity contribution in [3.05, 3.63) is 55.6 Å². The molecule has 1 aromatic carbocycles. The second-order valence-corrected chi connectivity index (χ2v) is 11.4. The number of likely N-dealkylation sites (tertiary alicyclic amines) is 1. The highest BCUT2D eigenvalue weighted by Crippen LogP contribution is 2.60. The molecule has 3 amide bonds. The monoisotopic (exact) mass is 573 g/mol. The van der Waals surface area contributed by atoms with Crippen LogP contribution in [0.25, 0.3) is 0 Å². The molecule has 0 aromatic heterocycles. The third-order valence-corrected chi connectivity index (χ3v) is 8.59. The maximum Gasteiger partial charge on any atom is 0.248 e. The van der Waals surface area contributed by atoms with Crippen molar-refractivity contribution in [3.8, 4) is 0 Å². The number of anilines is 1. The molecule has 8 nitrogen and oxygen atoms in total. The molecule has 200 valence electrons. The number of rotatable bonds is 11. The number of nitrogens with zero attached hydrogens (tertiary/aromatic N) is 3. The Morgan fingerprint density at radius 1 is 1.22 bits per heavy atom. The Kier molecular flexibility index (Phi) is 8.26. The van der Waals surface area contributed by atoms with Gasteiger partial charge in [0, 0.05) is 42.8 Å². The minimum absolute atomic E-state index is 0.114. The zero-order valence-corrected chi connectivity index (χ0v) is 23.0. The minimum atomic E-state index is -1.13. The zero-order chi connectivity index (χ0) is 26.9. The fourth-order valence-corrected chi connectivity index (χ4v) is 7.21. The first-order chi connectivity index (χ1) is 17.7. The summed E-state index contributed by atoms with van der Waals surface area (Å²) in [5, 5.41) is 9.54. The van der Waals surface area contributed by atoms with E-state index < -0.39 is 29.6 Å². The summed E-state index contributed by atoms with van der Waals surface area (Å²) in [7, 11) is 0. The number of fused-ring (bicyclic) bond motifs is 1. The zero-order valence-electron chi connectivity index (χ0n) is 21.5. The number of hydrogen-bond donors (Lipinski definition) is 1. The molecule has 0 aliphatic carbocycles. The first kappa shape index (κ1) is 27.5. The number of ether oxygens (including phenoxy) is 1. The summed E-state index contributed by atoms with van der Waals surface area (Å²) in [6.45, 7) is 12.2. The van der Waals surface area contributed by atoms with Crippen LogP contribution in [0.2, 0.25) is 0 Å². The second kappa shape index (κ2) is 11.1. The molecule has 1 aromatic rings. The average Bonchev–Trinajstić information content (AvgIpc) is 3.47. The van der Waals surface area contributed by atoms with Crippen LogP contribution >= 0.6 is 15.9 Å². The molecule has 3 saturated heterocycles. The molecule has 3 aliphatic rings. The van der Waals surface area contributed by atoms with Gasteiger partial charge in [0.05, 0.1) is 17.9 Å². The summed E-state index contributed by atoms with van der Waals surface area (Å²) in [6, 6.07) is 8.29. The second-order valence-electron chi connectivity index (χ2n) is 10.2. The minimum Gasteiger partial charge on any atom is -0.396 e. The van der Waals surface area contributed by atoms with Crippen molar-refractivity contribution < 1.29 is 24.2 Å². The normalized spacial score (nSPS) is 29.9. The van der Waals surface area contributed by atoms with Gasteiger partial charge >= 0.3 is 0 Å². The Labute approximate surface area is 227 Å². The van der Waals surface area contributed by atoms with Crippen molar-refractivity contribution in [1.29, 1.82) is 0 Å². The van der Waals surface area contributed by atoms with Crippen LogP contribution in [0.15, 0.2) is 55.6 Å². The van der Waals surface area contributed by atoms with Crippen molar-refractivity contribution >= 4 is 39.3 Å². The molecule has 4 rings (SSSR count). The van der Waals surface area contributed by atoms with Crippen LogP contribution < -0.4 is 4.90 Å². The SMILES string of the molecule is C=CCN(C(=O)[C@H]1[C@H]2C(=O)N(CCCO)C(C(=O)N(CC=C)C(C)C)C23CC(Br)[C@@H]1O3)c1ccccc1. The van der Waals surface area contributed by atoms with E-state index in [1.807, 2.05) is 44.2 Å². The van der Waals surface area contributed by atoms with Crippen molar-refractivity contribution in [3.63, 3.8) is 0 Å². The van der Waals surface area contributed by atoms with Gasteiger partial charge in [-0.3, -0.25) is 14.4 Å². The molecule has 37 heavy (non-hydrogen) atoms. The maximum absolute atomic E-state index is 14.2. The van der Waals surface area contributed by atoms with E-state index >= 15 is 0 Å². The Hall–Kier alpha value is -2.49. The van der Waals surface area contributed by atoms with E-state index in [4.69, 9.17) is 4.74 Å². The molecule has 0 radical (unpaired) electrons. The van der Waals surface area contributed by atoms with Crippen LogP contribution in [0, 0.1) is 11.8 Å². The van der Waals surface area contributed by atoms with E-state index in [9.17, 15) is 19.5 Å². The average molecular weight is 575 g/mol. The number of benzene rings is 1. The molecule has 1 N–H and O–H groups in total. The number of hydrogen-bond acceptors (Lipinski definition) is 5. The van der Waals surface area contributed by atoms with Gasteiger partial charge in [0.2, 0.25) is 17.7 Å². The van der Waals surface area contributed by atoms with E-state index in [2.05, 4.69) is 29.1 Å². The number of halogens is 1. The number of amides is 3. The van der Waals surface area contributed by atoms with Crippen LogP contribution in [0.1, 0.15) is 26.7 Å². The van der Waals surface area contributed by atoms with Gasteiger partial charge in [-0.15, -0.1) is 13.2 Å². The molecule has 3 heterocycles. The van der Waals surface area contributed by atoms with Gasteiger partial charge in [0.25, 0.3) is 0 Å². The Morgan fingerprint density at radius 3 is 2.49 bits per heavy atom. The van der Waals surface area contributed by atoms with E-state index in [0.717, 1.165) is 0 Å². The highest BCUT2D eigenvalue weighted by atomic mass is 79.9. The van der Waals surface area contributed by atoms with Gasteiger partial charge in [0.1, 0.15) is 11.6 Å². The van der Waals surface area contributed by atoms with Crippen LogP contribution in [0.3, 0.4) is 0 Å². The fraction of sp³-hybridized carbons (Fsp3) is 0.536. The lowest BCUT2D eigenvalue weighted by Crippen LogP contribution is -2.58. The highest BCUT2D eigenvalue weighted by molar-refractivity contribution is 9.09. The number of carbonyl (C=O) groups is 3. The summed E-state index contributed by atoms with van der Waals surface area (Å²) in [5.41, 5.74) is -0.421. The fourth-order valence-electron chi connectivity index (χ4n) is 6.26. The Bertz CT molecular complexity index is 1050. The lowest BCUT2D eigenvalue weighted by Gasteiger charge is -2.38. The third-order valence-electron chi connectivity index (χ3n) is 7.74. The van der Waals surface area contributed by atoms with Crippen molar-refractivity contribution in [2.24, 2.45) is 11.8 Å². The highest BCUT2D eigenvalue weighted by Gasteiger charge is 2.76. The summed E-state index contributed by atoms with van der Waals surface area (Å²) in [6.07, 6.45) is 3.55. The van der Waals surface area contributed by atoms with E-state index in [1.54, 1.807) is 26.9 Å². The van der Waals surface area contributed by atoms with Gasteiger partial charge in [-0.25, -0.2) is 0 Å². The largest absolute Gasteiger partial charge is 0.396 e. The number of alkyl halides is 1. The first-order valence-corrected chi connectivity index (χ1v) is 13.8. The van der Waals surface area contributed by atoms with Crippen LogP contribution in [-0.4, -0.2) is 87.5 Å². The van der Waals surface area contributed by atoms with Gasteiger partial charge < -0.3 is 24.5 Å². The molecular weight excluding hydrogens is 538 g/mol. The number of aliphatic hydroxyl groups is 1. The molecule has 0 saturated carbocycles. The predicted octanol–water partition coefficient (Wildman–Crippen LogP) is 2.76. The van der Waals surface area contributed by atoms with Gasteiger partial charge in [-0.1, -0.05) is 46.3 Å². The quantitative estimate of drug-likeness (QED) is 0.325. The van der Waals surface area contributed by atoms with Crippen LogP contribution in [-0.2, 0) is 19.1 Å². The lowest BCUT2D eigenvalue weighted by molar-refractivity contribution is -0.149. The molecule has 3 fully saturated rings. The van der Waals surface area contributed by atoms with E-state index in [1.165, 1.54) is 0 Å². The topological polar surface area (TPSA) is 90.4 Å². The molecule has 6 atom stereocenters. The summed E-state index contributed by atoms with van der Waals surface area (Å²) in [5.74, 6) is -2.25. The molecule has 9 heteroatoms. The van der Waals surface area contributed by atoms with Crippen molar-refractivity contribution in [1.82, 2.24) is 9.80 Å². The first-order valence-electron chi connectivity index (χ1n) is 12.8. The van der Waals surface area contributed by atoms with E-state index in [-0.39, 0.29) is 48.3 Å². The Balaban J connectivity index is 1.78. The maximum atomic E-state index is 14.2. The molecule has 3 unspecified atom stereocenters. The van der Waals surface area contributed by atoms with Crippen molar-refractivity contribution in [2.75, 3.05) is 31.1 Å². The standard InChI is InChI=1S/C28H36BrN3O5/c1-5-13-30(18(3)4)27(36)24-28-17-20(29)23(37-28)21(22(28)26(35)32(24)15-10-16-33)25(34)31(14-6-2)19-11-8-7-9-12-19/h5-9,11-12,18,20-24,33H,1-2,10,13-17H2,3-4H3/t20?,21-,22-,23-,24?,28?/m0/s1. The van der Waals surface area contributed by atoms with Crippen molar-refractivity contribution in [2.45, 2.75) is 55.3 Å². The third kappa shape index (κ3) is 4.55. The van der Waals surface area contributed by atoms with E-state index in [0.29, 0.717) is 25.1 Å². The van der Waals surface area contributed by atoms with Gasteiger partial charge in [-0.2, -0.15) is 0 Å². The summed E-state index contributed by atoms with van der Waals surface area (Å²) >= 11 is 3.72. The van der Waals surface area contributed by atoms with Crippen LogP contribution in [0.4, 0.5) is 5.69 Å². The molecular formula is C28H36BrN3O5. The summed E-state index contributed by atoms with van der Waals surface area (Å²) in [4.78, 5) is 47.0.